The van der Waals surface area contributed by atoms with Gasteiger partial charge in [0.25, 0.3) is 0 Å². The Morgan fingerprint density at radius 3 is 2.71 bits per heavy atom. The smallest absolute Gasteiger partial charge is 0.0223 e. The molecule has 3 heteroatoms. The minimum absolute atomic E-state index is 0.814. The average Bonchev–Trinajstić information content (AvgIpc) is 2.76. The predicted octanol–water partition coefficient (Wildman–Crippen LogP) is 1.92. The second-order valence-corrected chi connectivity index (χ2v) is 5.39. The second kappa shape index (κ2) is 8.90. The summed E-state index contributed by atoms with van der Waals surface area (Å²) >= 11 is 0. The molecule has 102 valence electrons. The molecule has 1 fully saturated rings. The standard InChI is InChI=1S/C14H31N3/c1-3-17-12-8-9-14(17)13-16(2)11-7-5-4-6-10-15/h14H,3-13,15H2,1-2H3. The molecule has 1 aliphatic rings. The Balaban J connectivity index is 2.05. The lowest BCUT2D eigenvalue weighted by molar-refractivity contribution is 0.197. The zero-order valence-electron chi connectivity index (χ0n) is 11.8. The Morgan fingerprint density at radius 2 is 2.00 bits per heavy atom. The van der Waals surface area contributed by atoms with Gasteiger partial charge in [0.1, 0.15) is 0 Å². The van der Waals surface area contributed by atoms with E-state index in [1.807, 2.05) is 0 Å². The van der Waals surface area contributed by atoms with Crippen LogP contribution in [0.25, 0.3) is 0 Å². The first kappa shape index (κ1) is 14.9. The molecule has 0 aromatic heterocycles. The SMILES string of the molecule is CCN1CCCC1CN(C)CCCCCCN. The molecule has 1 saturated heterocycles. The van der Waals surface area contributed by atoms with Crippen LogP contribution >= 0.6 is 0 Å². The number of hydrogen-bond donors (Lipinski definition) is 1. The van der Waals surface area contributed by atoms with Crippen LogP contribution in [0.4, 0.5) is 0 Å². The quantitative estimate of drug-likeness (QED) is 0.626. The second-order valence-electron chi connectivity index (χ2n) is 5.39. The summed E-state index contributed by atoms with van der Waals surface area (Å²) in [6.07, 6.45) is 7.94. The number of hydrogen-bond acceptors (Lipinski definition) is 3. The molecule has 0 aromatic carbocycles. The first-order valence-electron chi connectivity index (χ1n) is 7.40. The van der Waals surface area contributed by atoms with Crippen LogP contribution in [-0.2, 0) is 0 Å². The van der Waals surface area contributed by atoms with Crippen LogP contribution in [0.2, 0.25) is 0 Å². The van der Waals surface area contributed by atoms with E-state index in [0.29, 0.717) is 0 Å². The largest absolute Gasteiger partial charge is 0.330 e. The Morgan fingerprint density at radius 1 is 1.24 bits per heavy atom. The molecule has 3 nitrogen and oxygen atoms in total. The molecule has 1 rings (SSSR count). The fourth-order valence-corrected chi connectivity index (χ4v) is 2.85. The van der Waals surface area contributed by atoms with Crippen molar-refractivity contribution < 1.29 is 0 Å². The maximum absolute atomic E-state index is 5.49. The van der Waals surface area contributed by atoms with E-state index < -0.39 is 0 Å². The summed E-state index contributed by atoms with van der Waals surface area (Å²) in [5, 5.41) is 0. The maximum Gasteiger partial charge on any atom is 0.0223 e. The van der Waals surface area contributed by atoms with Crippen molar-refractivity contribution in [1.82, 2.24) is 9.80 Å². The van der Waals surface area contributed by atoms with Crippen LogP contribution in [0.15, 0.2) is 0 Å². The number of rotatable bonds is 9. The molecule has 0 saturated carbocycles. The highest BCUT2D eigenvalue weighted by atomic mass is 15.2. The van der Waals surface area contributed by atoms with Crippen LogP contribution in [0.5, 0.6) is 0 Å². The number of likely N-dealkylation sites (N-methyl/N-ethyl adjacent to an activating group) is 2. The number of nitrogens with zero attached hydrogens (tertiary/aromatic N) is 2. The molecule has 0 radical (unpaired) electrons. The fraction of sp³-hybridized carbons (Fsp3) is 1.00. The van der Waals surface area contributed by atoms with Crippen LogP contribution in [0.3, 0.4) is 0 Å². The van der Waals surface area contributed by atoms with Gasteiger partial charge in [-0.15, -0.1) is 0 Å². The Bertz CT molecular complexity index is 184. The monoisotopic (exact) mass is 241 g/mol. The number of likely N-dealkylation sites (tertiary alicyclic amines) is 1. The number of nitrogens with two attached hydrogens (primary N) is 1. The van der Waals surface area contributed by atoms with Crippen molar-refractivity contribution >= 4 is 0 Å². The van der Waals surface area contributed by atoms with E-state index in [1.165, 1.54) is 64.7 Å². The molecule has 1 aliphatic heterocycles. The lowest BCUT2D eigenvalue weighted by Crippen LogP contribution is -2.39. The van der Waals surface area contributed by atoms with Gasteiger partial charge >= 0.3 is 0 Å². The molecular formula is C14H31N3. The molecule has 2 N–H and O–H groups in total. The van der Waals surface area contributed by atoms with Gasteiger partial charge in [0.05, 0.1) is 0 Å². The summed E-state index contributed by atoms with van der Waals surface area (Å²) in [5.74, 6) is 0. The van der Waals surface area contributed by atoms with E-state index in [9.17, 15) is 0 Å². The minimum Gasteiger partial charge on any atom is -0.330 e. The zero-order valence-corrected chi connectivity index (χ0v) is 11.8. The number of unbranched alkanes of at least 4 members (excludes halogenated alkanes) is 3. The molecule has 1 atom stereocenters. The molecule has 0 amide bonds. The summed E-state index contributed by atoms with van der Waals surface area (Å²) in [6, 6.07) is 0.814. The Kier molecular flexibility index (Phi) is 7.82. The van der Waals surface area contributed by atoms with E-state index in [1.54, 1.807) is 0 Å². The normalized spacial score (nSPS) is 21.5. The van der Waals surface area contributed by atoms with Crippen molar-refractivity contribution in [2.45, 2.75) is 51.5 Å². The van der Waals surface area contributed by atoms with Gasteiger partial charge in [-0.2, -0.15) is 0 Å². The van der Waals surface area contributed by atoms with Crippen molar-refractivity contribution in [3.05, 3.63) is 0 Å². The summed E-state index contributed by atoms with van der Waals surface area (Å²) < 4.78 is 0. The highest BCUT2D eigenvalue weighted by molar-refractivity contribution is 4.80. The first-order chi connectivity index (χ1) is 8.27. The van der Waals surface area contributed by atoms with Crippen LogP contribution < -0.4 is 5.73 Å². The lowest BCUT2D eigenvalue weighted by atomic mass is 10.1. The summed E-state index contributed by atoms with van der Waals surface area (Å²) in [7, 11) is 2.27. The maximum atomic E-state index is 5.49. The lowest BCUT2D eigenvalue weighted by Gasteiger charge is -2.27. The molecule has 1 unspecified atom stereocenters. The van der Waals surface area contributed by atoms with Crippen LogP contribution in [0, 0.1) is 0 Å². The predicted molar refractivity (Wildman–Crippen MR) is 75.3 cm³/mol. The van der Waals surface area contributed by atoms with Gasteiger partial charge in [-0.25, -0.2) is 0 Å². The third-order valence-corrected chi connectivity index (χ3v) is 3.92. The first-order valence-corrected chi connectivity index (χ1v) is 7.40. The van der Waals surface area contributed by atoms with E-state index in [0.717, 1.165) is 12.6 Å². The third-order valence-electron chi connectivity index (χ3n) is 3.92. The molecule has 1 heterocycles. The Hall–Kier alpha value is -0.120. The Labute approximate surface area is 107 Å². The van der Waals surface area contributed by atoms with Gasteiger partial charge in [-0.1, -0.05) is 19.8 Å². The molecule has 0 aliphatic carbocycles. The third kappa shape index (κ3) is 5.84. The minimum atomic E-state index is 0.814. The summed E-state index contributed by atoms with van der Waals surface area (Å²) in [6.45, 7) is 8.17. The highest BCUT2D eigenvalue weighted by Crippen LogP contribution is 2.17. The van der Waals surface area contributed by atoms with Crippen molar-refractivity contribution in [2.24, 2.45) is 5.73 Å². The fourth-order valence-electron chi connectivity index (χ4n) is 2.85. The highest BCUT2D eigenvalue weighted by Gasteiger charge is 2.23. The topological polar surface area (TPSA) is 32.5 Å². The van der Waals surface area contributed by atoms with Crippen LogP contribution in [-0.4, -0.2) is 55.6 Å². The van der Waals surface area contributed by atoms with Crippen molar-refractivity contribution in [3.63, 3.8) is 0 Å². The van der Waals surface area contributed by atoms with Gasteiger partial charge < -0.3 is 10.6 Å². The summed E-state index contributed by atoms with van der Waals surface area (Å²) in [5.41, 5.74) is 5.49. The molecule has 0 spiro atoms. The van der Waals surface area contributed by atoms with E-state index in [4.69, 9.17) is 5.73 Å². The molecular weight excluding hydrogens is 210 g/mol. The molecule has 0 aromatic rings. The van der Waals surface area contributed by atoms with Gasteiger partial charge in [0, 0.05) is 12.6 Å². The van der Waals surface area contributed by atoms with Gasteiger partial charge in [0.15, 0.2) is 0 Å². The molecule has 17 heavy (non-hydrogen) atoms. The summed E-state index contributed by atoms with van der Waals surface area (Å²) in [4.78, 5) is 5.14. The van der Waals surface area contributed by atoms with Gasteiger partial charge in [-0.3, -0.25) is 4.90 Å². The van der Waals surface area contributed by atoms with E-state index in [-0.39, 0.29) is 0 Å². The average molecular weight is 241 g/mol. The van der Waals surface area contributed by atoms with E-state index >= 15 is 0 Å². The van der Waals surface area contributed by atoms with Crippen LogP contribution in [0.1, 0.15) is 45.4 Å². The van der Waals surface area contributed by atoms with Crippen molar-refractivity contribution in [1.29, 1.82) is 0 Å². The van der Waals surface area contributed by atoms with E-state index in [2.05, 4.69) is 23.8 Å². The van der Waals surface area contributed by atoms with Crippen molar-refractivity contribution in [3.8, 4) is 0 Å². The van der Waals surface area contributed by atoms with Crippen molar-refractivity contribution in [2.75, 3.05) is 39.8 Å². The zero-order chi connectivity index (χ0) is 12.5. The van der Waals surface area contributed by atoms with Gasteiger partial charge in [0.2, 0.25) is 0 Å². The van der Waals surface area contributed by atoms with Gasteiger partial charge in [-0.05, 0) is 58.9 Å². The molecule has 0 bridgehead atoms.